The van der Waals surface area contributed by atoms with Crippen LogP contribution in [0.2, 0.25) is 0 Å². The van der Waals surface area contributed by atoms with Crippen LogP contribution in [0.25, 0.3) is 0 Å². The number of alkyl halides is 1. The summed E-state index contributed by atoms with van der Waals surface area (Å²) in [5.41, 5.74) is 0.846. The molecule has 2 amide bonds. The molecule has 2 rings (SSSR count). The Morgan fingerprint density at radius 1 is 1.21 bits per heavy atom. The van der Waals surface area contributed by atoms with Crippen molar-refractivity contribution in [1.29, 1.82) is 0 Å². The average molecular weight is 376 g/mol. The number of methoxy groups -OCH3 is 2. The lowest BCUT2D eigenvalue weighted by Gasteiger charge is -2.19. The molecule has 5 nitrogen and oxygen atoms in total. The van der Waals surface area contributed by atoms with Crippen molar-refractivity contribution in [2.75, 3.05) is 43.2 Å². The van der Waals surface area contributed by atoms with Crippen LogP contribution in [0.5, 0.6) is 11.5 Å². The number of urea groups is 1. The number of hydrogen-bond donors (Lipinski definition) is 0. The highest BCUT2D eigenvalue weighted by molar-refractivity contribution is 14.1. The summed E-state index contributed by atoms with van der Waals surface area (Å²) in [6, 6.07) is 5.60. The lowest BCUT2D eigenvalue weighted by Crippen LogP contribution is -2.32. The first-order valence-corrected chi connectivity index (χ1v) is 7.58. The second-order valence-corrected chi connectivity index (χ2v) is 5.23. The van der Waals surface area contributed by atoms with Crippen LogP contribution >= 0.6 is 22.6 Å². The topological polar surface area (TPSA) is 42.0 Å². The number of carbonyl (C=O) groups excluding carboxylic acids is 1. The number of halogens is 1. The zero-order chi connectivity index (χ0) is 13.8. The highest BCUT2D eigenvalue weighted by atomic mass is 127. The number of rotatable bonds is 5. The summed E-state index contributed by atoms with van der Waals surface area (Å²) in [5, 5.41) is 0. The Labute approximate surface area is 126 Å². The molecule has 1 aliphatic rings. The van der Waals surface area contributed by atoms with Crippen molar-refractivity contribution in [3.8, 4) is 11.5 Å². The van der Waals surface area contributed by atoms with Gasteiger partial charge in [0.25, 0.3) is 0 Å². The fourth-order valence-electron chi connectivity index (χ4n) is 2.12. The Morgan fingerprint density at radius 3 is 2.58 bits per heavy atom. The minimum Gasteiger partial charge on any atom is -0.493 e. The molecular weight excluding hydrogens is 359 g/mol. The van der Waals surface area contributed by atoms with Gasteiger partial charge in [-0.05, 0) is 12.1 Å². The number of anilines is 1. The van der Waals surface area contributed by atoms with E-state index in [4.69, 9.17) is 9.47 Å². The monoisotopic (exact) mass is 376 g/mol. The van der Waals surface area contributed by atoms with Crippen LogP contribution in [0.1, 0.15) is 0 Å². The number of nitrogens with zero attached hydrogens (tertiary/aromatic N) is 2. The Kier molecular flexibility index (Phi) is 4.73. The molecule has 6 heteroatoms. The molecular formula is C13H17IN2O3. The highest BCUT2D eigenvalue weighted by Crippen LogP contribution is 2.32. The normalized spacial score (nSPS) is 15.0. The zero-order valence-corrected chi connectivity index (χ0v) is 13.2. The second-order valence-electron chi connectivity index (χ2n) is 4.15. The lowest BCUT2D eigenvalue weighted by molar-refractivity contribution is 0.223. The summed E-state index contributed by atoms with van der Waals surface area (Å²) in [6.45, 7) is 2.28. The Balaban J connectivity index is 2.21. The maximum atomic E-state index is 12.2. The minimum absolute atomic E-state index is 0.0592. The van der Waals surface area contributed by atoms with Gasteiger partial charge in [0.05, 0.1) is 14.2 Å². The number of amides is 2. The summed E-state index contributed by atoms with van der Waals surface area (Å²) in [5.74, 6) is 1.31. The van der Waals surface area contributed by atoms with E-state index in [-0.39, 0.29) is 6.03 Å². The van der Waals surface area contributed by atoms with Gasteiger partial charge in [0.2, 0.25) is 0 Å². The number of hydrogen-bond acceptors (Lipinski definition) is 3. The van der Waals surface area contributed by atoms with Gasteiger partial charge in [-0.3, -0.25) is 4.90 Å². The first kappa shape index (κ1) is 14.2. The first-order chi connectivity index (χ1) is 9.21. The third-order valence-electron chi connectivity index (χ3n) is 3.13. The van der Waals surface area contributed by atoms with Gasteiger partial charge >= 0.3 is 6.03 Å². The van der Waals surface area contributed by atoms with E-state index < -0.39 is 0 Å². The van der Waals surface area contributed by atoms with Crippen molar-refractivity contribution in [3.05, 3.63) is 18.2 Å². The molecule has 1 aromatic carbocycles. The molecule has 1 aliphatic heterocycles. The van der Waals surface area contributed by atoms with Crippen LogP contribution in [0.3, 0.4) is 0 Å². The quantitative estimate of drug-likeness (QED) is 0.586. The van der Waals surface area contributed by atoms with E-state index in [2.05, 4.69) is 22.6 Å². The summed E-state index contributed by atoms with van der Waals surface area (Å²) >= 11 is 2.28. The van der Waals surface area contributed by atoms with Crippen LogP contribution in [0, 0.1) is 0 Å². The van der Waals surface area contributed by atoms with Gasteiger partial charge in [0.1, 0.15) is 0 Å². The fourth-order valence-corrected chi connectivity index (χ4v) is 2.71. The van der Waals surface area contributed by atoms with Gasteiger partial charge in [-0.1, -0.05) is 22.6 Å². The Morgan fingerprint density at radius 2 is 1.95 bits per heavy atom. The molecule has 0 atom stereocenters. The van der Waals surface area contributed by atoms with Crippen molar-refractivity contribution in [2.24, 2.45) is 0 Å². The zero-order valence-electron chi connectivity index (χ0n) is 11.1. The maximum Gasteiger partial charge on any atom is 0.324 e. The number of ether oxygens (including phenoxy) is 2. The molecule has 0 bridgehead atoms. The molecule has 0 saturated carbocycles. The Hall–Kier alpha value is -1.18. The largest absolute Gasteiger partial charge is 0.493 e. The van der Waals surface area contributed by atoms with Crippen LogP contribution in [-0.4, -0.2) is 49.2 Å². The molecule has 104 valence electrons. The van der Waals surface area contributed by atoms with Gasteiger partial charge in [0.15, 0.2) is 11.5 Å². The average Bonchev–Trinajstić information content (AvgIpc) is 2.80. The molecule has 1 fully saturated rings. The summed E-state index contributed by atoms with van der Waals surface area (Å²) in [7, 11) is 3.19. The molecule has 0 N–H and O–H groups in total. The molecule has 0 unspecified atom stereocenters. The van der Waals surface area contributed by atoms with Crippen LogP contribution in [0.15, 0.2) is 18.2 Å². The fraction of sp³-hybridized carbons (Fsp3) is 0.462. The summed E-state index contributed by atoms with van der Waals surface area (Å²) in [4.78, 5) is 15.9. The van der Waals surface area contributed by atoms with Gasteiger partial charge < -0.3 is 14.4 Å². The molecule has 0 radical (unpaired) electrons. The molecule has 0 aliphatic carbocycles. The maximum absolute atomic E-state index is 12.2. The third kappa shape index (κ3) is 2.88. The first-order valence-electron chi connectivity index (χ1n) is 6.05. The van der Waals surface area contributed by atoms with E-state index in [1.54, 1.807) is 19.1 Å². The summed E-state index contributed by atoms with van der Waals surface area (Å²) < 4.78 is 11.4. The van der Waals surface area contributed by atoms with Crippen molar-refractivity contribution in [2.45, 2.75) is 0 Å². The van der Waals surface area contributed by atoms with Gasteiger partial charge in [-0.2, -0.15) is 0 Å². The van der Waals surface area contributed by atoms with E-state index in [9.17, 15) is 4.79 Å². The third-order valence-corrected chi connectivity index (χ3v) is 3.61. The van der Waals surface area contributed by atoms with Crippen LogP contribution in [0.4, 0.5) is 10.5 Å². The van der Waals surface area contributed by atoms with E-state index in [1.165, 1.54) is 0 Å². The van der Waals surface area contributed by atoms with E-state index in [1.807, 2.05) is 23.1 Å². The van der Waals surface area contributed by atoms with E-state index in [0.29, 0.717) is 18.0 Å². The lowest BCUT2D eigenvalue weighted by atomic mass is 10.2. The molecule has 0 spiro atoms. The molecule has 1 heterocycles. The van der Waals surface area contributed by atoms with Gasteiger partial charge in [-0.25, -0.2) is 4.79 Å². The van der Waals surface area contributed by atoms with Crippen molar-refractivity contribution < 1.29 is 14.3 Å². The van der Waals surface area contributed by atoms with Crippen LogP contribution < -0.4 is 14.4 Å². The van der Waals surface area contributed by atoms with Gasteiger partial charge in [-0.15, -0.1) is 0 Å². The second kappa shape index (κ2) is 6.31. The van der Waals surface area contributed by atoms with E-state index >= 15 is 0 Å². The van der Waals surface area contributed by atoms with Crippen LogP contribution in [-0.2, 0) is 0 Å². The van der Waals surface area contributed by atoms with E-state index in [0.717, 1.165) is 23.2 Å². The molecule has 1 aromatic rings. The van der Waals surface area contributed by atoms with Gasteiger partial charge in [0, 0.05) is 35.8 Å². The smallest absolute Gasteiger partial charge is 0.324 e. The SMILES string of the molecule is COc1ccc(N2CCN(CCI)C2=O)cc1OC. The predicted octanol–water partition coefficient (Wildman–Crippen LogP) is 2.38. The number of benzene rings is 1. The summed E-state index contributed by atoms with van der Waals surface area (Å²) in [6.07, 6.45) is 0. The molecule has 1 saturated heterocycles. The molecule has 19 heavy (non-hydrogen) atoms. The Bertz CT molecular complexity index is 467. The molecule has 0 aromatic heterocycles. The van der Waals surface area contributed by atoms with Crippen molar-refractivity contribution in [1.82, 2.24) is 4.90 Å². The van der Waals surface area contributed by atoms with Crippen molar-refractivity contribution >= 4 is 34.3 Å². The minimum atomic E-state index is 0.0592. The predicted molar refractivity (Wildman–Crippen MR) is 82.7 cm³/mol. The standard InChI is InChI=1S/C13H17IN2O3/c1-18-11-4-3-10(9-12(11)19-2)16-8-7-15(6-5-14)13(16)17/h3-4,9H,5-8H2,1-2H3. The van der Waals surface area contributed by atoms with Crippen molar-refractivity contribution in [3.63, 3.8) is 0 Å². The highest BCUT2D eigenvalue weighted by Gasteiger charge is 2.29. The number of carbonyl (C=O) groups is 1.